The van der Waals surface area contributed by atoms with Crippen LogP contribution in [-0.4, -0.2) is 38.0 Å². The number of nitrogens with zero attached hydrogens (tertiary/aromatic N) is 2. The molecule has 0 aliphatic carbocycles. The molecule has 7 nitrogen and oxygen atoms in total. The number of ether oxygens (including phenoxy) is 1. The lowest BCUT2D eigenvalue weighted by atomic mass is 10.2. The molecule has 0 atom stereocenters. The molecule has 0 aromatic carbocycles. The topological polar surface area (TPSA) is 92.4 Å². The second-order valence-corrected chi connectivity index (χ2v) is 7.98. The van der Waals surface area contributed by atoms with Crippen LogP contribution in [0.3, 0.4) is 0 Å². The number of esters is 1. The third-order valence-electron chi connectivity index (χ3n) is 3.55. The Morgan fingerprint density at radius 2 is 2.00 bits per heavy atom. The van der Waals surface area contributed by atoms with Crippen molar-refractivity contribution in [3.8, 4) is 0 Å². The van der Waals surface area contributed by atoms with Gasteiger partial charge < -0.3 is 9.72 Å². The van der Waals surface area contributed by atoms with Gasteiger partial charge in [0.2, 0.25) is 0 Å². The molecule has 0 amide bonds. The number of carbonyl (C=O) groups excluding carboxylic acids is 1. The van der Waals surface area contributed by atoms with Crippen LogP contribution in [0.1, 0.15) is 28.7 Å². The standard InChI is InChI=1S/C15H17Cl2N3O4S/c1-5-24-15(21)12-8(2)13(9(3)19-12)25(22,23)20(4)14-11(17)6-10(16)7-18-14/h6-7,19H,5H2,1-4H3. The van der Waals surface area contributed by atoms with Crippen molar-refractivity contribution in [1.29, 1.82) is 0 Å². The van der Waals surface area contributed by atoms with Gasteiger partial charge in [-0.3, -0.25) is 4.31 Å². The monoisotopic (exact) mass is 405 g/mol. The van der Waals surface area contributed by atoms with Crippen LogP contribution in [0.4, 0.5) is 5.82 Å². The fourth-order valence-electron chi connectivity index (χ4n) is 2.42. The minimum Gasteiger partial charge on any atom is -0.461 e. The highest BCUT2D eigenvalue weighted by molar-refractivity contribution is 7.92. The van der Waals surface area contributed by atoms with Crippen LogP contribution < -0.4 is 4.31 Å². The van der Waals surface area contributed by atoms with E-state index in [2.05, 4.69) is 9.97 Å². The zero-order valence-electron chi connectivity index (χ0n) is 14.1. The number of pyridine rings is 1. The lowest BCUT2D eigenvalue weighted by Gasteiger charge is -2.20. The number of H-pyrrole nitrogens is 1. The number of nitrogens with one attached hydrogen (secondary N) is 1. The van der Waals surface area contributed by atoms with Gasteiger partial charge >= 0.3 is 5.97 Å². The van der Waals surface area contributed by atoms with Crippen LogP contribution in [0.2, 0.25) is 10.0 Å². The Morgan fingerprint density at radius 3 is 2.56 bits per heavy atom. The average molecular weight is 406 g/mol. The van der Waals surface area contributed by atoms with E-state index in [4.69, 9.17) is 27.9 Å². The van der Waals surface area contributed by atoms with Gasteiger partial charge in [0.25, 0.3) is 10.0 Å². The van der Waals surface area contributed by atoms with Gasteiger partial charge in [-0.15, -0.1) is 0 Å². The van der Waals surface area contributed by atoms with Crippen molar-refractivity contribution in [2.24, 2.45) is 0 Å². The van der Waals surface area contributed by atoms with E-state index in [0.29, 0.717) is 5.69 Å². The molecule has 0 saturated carbocycles. The molecule has 2 heterocycles. The first-order valence-electron chi connectivity index (χ1n) is 7.27. The molecule has 0 aliphatic rings. The van der Waals surface area contributed by atoms with Gasteiger partial charge in [0.05, 0.1) is 16.7 Å². The predicted molar refractivity (Wildman–Crippen MR) is 96.1 cm³/mol. The van der Waals surface area contributed by atoms with Crippen LogP contribution in [-0.2, 0) is 14.8 Å². The Kier molecular flexibility index (Phi) is 5.65. The summed E-state index contributed by atoms with van der Waals surface area (Å²) in [7, 11) is -2.69. The fourth-order valence-corrected chi connectivity index (χ4v) is 4.55. The first kappa shape index (κ1) is 19.6. The van der Waals surface area contributed by atoms with E-state index in [0.717, 1.165) is 4.31 Å². The molecule has 0 saturated heterocycles. The molecule has 10 heteroatoms. The quantitative estimate of drug-likeness (QED) is 0.769. The summed E-state index contributed by atoms with van der Waals surface area (Å²) in [6, 6.07) is 1.40. The summed E-state index contributed by atoms with van der Waals surface area (Å²) in [5, 5.41) is 0.383. The molecule has 0 unspecified atom stereocenters. The van der Waals surface area contributed by atoms with E-state index in [-0.39, 0.29) is 38.6 Å². The summed E-state index contributed by atoms with van der Waals surface area (Å²) in [5.74, 6) is -0.585. The maximum absolute atomic E-state index is 13.0. The predicted octanol–water partition coefficient (Wildman–Crippen LogP) is 3.34. The van der Waals surface area contributed by atoms with Crippen LogP contribution in [0.15, 0.2) is 17.2 Å². The number of rotatable bonds is 5. The van der Waals surface area contributed by atoms with Crippen molar-refractivity contribution in [2.75, 3.05) is 18.0 Å². The molecule has 1 N–H and O–H groups in total. The van der Waals surface area contributed by atoms with Crippen LogP contribution in [0.25, 0.3) is 0 Å². The largest absolute Gasteiger partial charge is 0.461 e. The molecule has 25 heavy (non-hydrogen) atoms. The second kappa shape index (κ2) is 7.23. The van der Waals surface area contributed by atoms with Gasteiger partial charge in [-0.1, -0.05) is 23.2 Å². The average Bonchev–Trinajstić information content (AvgIpc) is 2.82. The second-order valence-electron chi connectivity index (χ2n) is 5.23. The number of sulfonamides is 1. The Morgan fingerprint density at radius 1 is 1.36 bits per heavy atom. The van der Waals surface area contributed by atoms with Gasteiger partial charge in [0.1, 0.15) is 10.6 Å². The van der Waals surface area contributed by atoms with Crippen LogP contribution in [0.5, 0.6) is 0 Å². The van der Waals surface area contributed by atoms with Gasteiger partial charge in [-0.25, -0.2) is 18.2 Å². The molecule has 2 aromatic heterocycles. The highest BCUT2D eigenvalue weighted by atomic mass is 35.5. The van der Waals surface area contributed by atoms with Gasteiger partial charge in [-0.05, 0) is 26.8 Å². The molecular formula is C15H17Cl2N3O4S. The van der Waals surface area contributed by atoms with Crippen LogP contribution in [0, 0.1) is 13.8 Å². The smallest absolute Gasteiger partial charge is 0.355 e. The number of hydrogen-bond donors (Lipinski definition) is 1. The van der Waals surface area contributed by atoms with Crippen molar-refractivity contribution in [2.45, 2.75) is 25.7 Å². The minimum atomic E-state index is -4.01. The van der Waals surface area contributed by atoms with Crippen molar-refractivity contribution in [1.82, 2.24) is 9.97 Å². The first-order chi connectivity index (χ1) is 11.6. The van der Waals surface area contributed by atoms with Crippen LogP contribution >= 0.6 is 23.2 Å². The van der Waals surface area contributed by atoms with Gasteiger partial charge in [0.15, 0.2) is 5.82 Å². The molecule has 2 aromatic rings. The van der Waals surface area contributed by atoms with E-state index in [1.807, 2.05) is 0 Å². The number of aromatic nitrogens is 2. The Balaban J connectivity index is 2.54. The minimum absolute atomic E-state index is 0.0223. The fraction of sp³-hybridized carbons (Fsp3) is 0.333. The molecule has 0 spiro atoms. The van der Waals surface area contributed by atoms with E-state index in [1.165, 1.54) is 26.2 Å². The Labute approximate surface area is 156 Å². The van der Waals surface area contributed by atoms with E-state index in [9.17, 15) is 13.2 Å². The molecule has 0 fully saturated rings. The van der Waals surface area contributed by atoms with Crippen molar-refractivity contribution in [3.05, 3.63) is 39.3 Å². The van der Waals surface area contributed by atoms with Crippen molar-refractivity contribution >= 4 is 45.0 Å². The zero-order chi connectivity index (χ0) is 18.9. The summed E-state index contributed by atoms with van der Waals surface area (Å²) in [5.41, 5.74) is 0.687. The van der Waals surface area contributed by atoms with Crippen molar-refractivity contribution < 1.29 is 17.9 Å². The summed E-state index contributed by atoms with van der Waals surface area (Å²) in [4.78, 5) is 18.7. The summed E-state index contributed by atoms with van der Waals surface area (Å²) < 4.78 is 31.9. The lowest BCUT2D eigenvalue weighted by Crippen LogP contribution is -2.28. The van der Waals surface area contributed by atoms with E-state index in [1.54, 1.807) is 13.8 Å². The maximum Gasteiger partial charge on any atom is 0.355 e. The number of carbonyl (C=O) groups is 1. The molecule has 136 valence electrons. The highest BCUT2D eigenvalue weighted by Gasteiger charge is 2.32. The number of hydrogen-bond acceptors (Lipinski definition) is 5. The maximum atomic E-state index is 13.0. The summed E-state index contributed by atoms with van der Waals surface area (Å²) >= 11 is 11.9. The van der Waals surface area contributed by atoms with Gasteiger partial charge in [-0.2, -0.15) is 0 Å². The summed E-state index contributed by atoms with van der Waals surface area (Å²) in [6.45, 7) is 4.95. The number of anilines is 1. The lowest BCUT2D eigenvalue weighted by molar-refractivity contribution is 0.0519. The molecule has 0 aliphatic heterocycles. The zero-order valence-corrected chi connectivity index (χ0v) is 16.4. The Bertz CT molecular complexity index is 925. The van der Waals surface area contributed by atoms with Crippen molar-refractivity contribution in [3.63, 3.8) is 0 Å². The normalized spacial score (nSPS) is 11.4. The summed E-state index contributed by atoms with van der Waals surface area (Å²) in [6.07, 6.45) is 1.30. The molecule has 0 radical (unpaired) electrons. The highest BCUT2D eigenvalue weighted by Crippen LogP contribution is 2.32. The van der Waals surface area contributed by atoms with E-state index >= 15 is 0 Å². The third-order valence-corrected chi connectivity index (χ3v) is 6.06. The number of aromatic amines is 1. The van der Waals surface area contributed by atoms with Gasteiger partial charge in [0, 0.05) is 24.5 Å². The first-order valence-corrected chi connectivity index (χ1v) is 9.47. The number of aryl methyl sites for hydroxylation is 1. The molecule has 2 rings (SSSR count). The molecule has 0 bridgehead atoms. The molecular weight excluding hydrogens is 389 g/mol. The SMILES string of the molecule is CCOC(=O)c1[nH]c(C)c(S(=O)(=O)N(C)c2ncc(Cl)cc2Cl)c1C. The number of halogens is 2. The Hall–Kier alpha value is -1.77. The van der Waals surface area contributed by atoms with E-state index < -0.39 is 16.0 Å². The third kappa shape index (κ3) is 3.61.